The number of ether oxygens (including phenoxy) is 1. The summed E-state index contributed by atoms with van der Waals surface area (Å²) in [7, 11) is 2.24. The van der Waals surface area contributed by atoms with E-state index in [2.05, 4.69) is 76.0 Å². The largest absolute Gasteiger partial charge is 0.377 e. The van der Waals surface area contributed by atoms with E-state index in [4.69, 9.17) is 4.74 Å². The predicted octanol–water partition coefficient (Wildman–Crippen LogP) is 3.58. The van der Waals surface area contributed by atoms with Gasteiger partial charge in [-0.25, -0.2) is 0 Å². The standard InChI is InChI=1S/C36H73N7O/c1-7-37(6)18-19-38-14-10-35(11-15-38)30-41-24-26-43(27-25-41)33(4)8-9-34(5)44-29-28-39-20-22-40(23-21-39)31-36-12-16-42(17-13-36)32(2)3/h32-36H,7-31H2,1-6H3. The van der Waals surface area contributed by atoms with Crippen molar-refractivity contribution in [1.29, 1.82) is 0 Å². The van der Waals surface area contributed by atoms with E-state index in [1.165, 1.54) is 143 Å². The third-order valence-corrected chi connectivity index (χ3v) is 11.8. The Kier molecular flexibility index (Phi) is 16.2. The van der Waals surface area contributed by atoms with Gasteiger partial charge >= 0.3 is 0 Å². The van der Waals surface area contributed by atoms with Crippen molar-refractivity contribution in [2.45, 2.75) is 91.3 Å². The summed E-state index contributed by atoms with van der Waals surface area (Å²) in [5.41, 5.74) is 0. The van der Waals surface area contributed by atoms with E-state index in [0.717, 1.165) is 31.5 Å². The van der Waals surface area contributed by atoms with Crippen LogP contribution in [0.25, 0.3) is 0 Å². The molecule has 4 fully saturated rings. The van der Waals surface area contributed by atoms with Gasteiger partial charge in [0.25, 0.3) is 0 Å². The molecule has 0 aromatic rings. The van der Waals surface area contributed by atoms with E-state index < -0.39 is 0 Å². The molecule has 44 heavy (non-hydrogen) atoms. The summed E-state index contributed by atoms with van der Waals surface area (Å²) in [6, 6.07) is 1.37. The first-order chi connectivity index (χ1) is 21.3. The van der Waals surface area contributed by atoms with Gasteiger partial charge in [-0.1, -0.05) is 6.92 Å². The second-order valence-corrected chi connectivity index (χ2v) is 15.3. The summed E-state index contributed by atoms with van der Waals surface area (Å²) in [6.07, 6.45) is 8.34. The van der Waals surface area contributed by atoms with Gasteiger partial charge in [-0.15, -0.1) is 0 Å². The molecule has 0 radical (unpaired) electrons. The monoisotopic (exact) mass is 620 g/mol. The third-order valence-electron chi connectivity index (χ3n) is 11.8. The zero-order valence-electron chi connectivity index (χ0n) is 30.1. The van der Waals surface area contributed by atoms with Crippen LogP contribution in [-0.2, 0) is 4.74 Å². The normalized spacial score (nSPS) is 25.4. The van der Waals surface area contributed by atoms with Gasteiger partial charge in [-0.05, 0) is 118 Å². The minimum atomic E-state index is 0.366. The van der Waals surface area contributed by atoms with Crippen molar-refractivity contribution in [1.82, 2.24) is 34.3 Å². The van der Waals surface area contributed by atoms with Crippen LogP contribution in [-0.4, -0.2) is 184 Å². The lowest BCUT2D eigenvalue weighted by atomic mass is 9.95. The zero-order valence-corrected chi connectivity index (χ0v) is 30.1. The quantitative estimate of drug-likeness (QED) is 0.244. The Bertz CT molecular complexity index is 739. The molecule has 0 aliphatic carbocycles. The van der Waals surface area contributed by atoms with Crippen molar-refractivity contribution in [3.63, 3.8) is 0 Å². The summed E-state index contributed by atoms with van der Waals surface area (Å²) < 4.78 is 6.31. The van der Waals surface area contributed by atoms with Gasteiger partial charge in [-0.3, -0.25) is 9.80 Å². The number of likely N-dealkylation sites (N-methyl/N-ethyl adjacent to an activating group) is 1. The molecular formula is C36H73N7O. The molecule has 4 aliphatic heterocycles. The van der Waals surface area contributed by atoms with Gasteiger partial charge < -0.3 is 29.2 Å². The van der Waals surface area contributed by atoms with Crippen molar-refractivity contribution < 1.29 is 4.74 Å². The average molecular weight is 620 g/mol. The third kappa shape index (κ3) is 12.7. The van der Waals surface area contributed by atoms with E-state index in [1.807, 2.05) is 0 Å². The molecule has 4 saturated heterocycles. The topological polar surface area (TPSA) is 31.9 Å². The second-order valence-electron chi connectivity index (χ2n) is 15.3. The Morgan fingerprint density at radius 2 is 1.14 bits per heavy atom. The number of rotatable bonds is 17. The first kappa shape index (κ1) is 36.5. The Hall–Kier alpha value is -0.320. The van der Waals surface area contributed by atoms with E-state index in [9.17, 15) is 0 Å². The highest BCUT2D eigenvalue weighted by Crippen LogP contribution is 2.22. The van der Waals surface area contributed by atoms with Crippen molar-refractivity contribution in [2.24, 2.45) is 11.8 Å². The number of piperidine rings is 2. The Labute approximate surface area is 273 Å². The van der Waals surface area contributed by atoms with Crippen LogP contribution in [0.15, 0.2) is 0 Å². The smallest absolute Gasteiger partial charge is 0.0597 e. The Morgan fingerprint density at radius 3 is 1.70 bits per heavy atom. The van der Waals surface area contributed by atoms with Crippen molar-refractivity contribution >= 4 is 0 Å². The van der Waals surface area contributed by atoms with Gasteiger partial charge in [0.1, 0.15) is 0 Å². The van der Waals surface area contributed by atoms with Gasteiger partial charge in [0.2, 0.25) is 0 Å². The highest BCUT2D eigenvalue weighted by atomic mass is 16.5. The van der Waals surface area contributed by atoms with E-state index in [-0.39, 0.29) is 0 Å². The van der Waals surface area contributed by atoms with Gasteiger partial charge in [0.15, 0.2) is 0 Å². The Balaban J connectivity index is 0.984. The summed E-state index contributed by atoms with van der Waals surface area (Å²) in [4.78, 5) is 18.6. The zero-order chi connectivity index (χ0) is 31.3. The van der Waals surface area contributed by atoms with Crippen molar-refractivity contribution in [3.05, 3.63) is 0 Å². The number of piperazine rings is 2. The van der Waals surface area contributed by atoms with E-state index in [0.29, 0.717) is 18.2 Å². The highest BCUT2D eigenvalue weighted by molar-refractivity contribution is 4.82. The van der Waals surface area contributed by atoms with Gasteiger partial charge in [0.05, 0.1) is 12.7 Å². The molecule has 2 atom stereocenters. The number of nitrogens with zero attached hydrogens (tertiary/aromatic N) is 7. The fourth-order valence-corrected chi connectivity index (χ4v) is 7.95. The second kappa shape index (κ2) is 19.5. The summed E-state index contributed by atoms with van der Waals surface area (Å²) >= 11 is 0. The fraction of sp³-hybridized carbons (Fsp3) is 1.00. The molecule has 0 bridgehead atoms. The fourth-order valence-electron chi connectivity index (χ4n) is 7.95. The molecule has 0 aromatic heterocycles. The van der Waals surface area contributed by atoms with Crippen molar-refractivity contribution in [3.8, 4) is 0 Å². The molecule has 2 unspecified atom stereocenters. The molecular weight excluding hydrogens is 546 g/mol. The molecule has 8 heteroatoms. The maximum absolute atomic E-state index is 6.31. The SMILES string of the molecule is CCN(C)CCN1CCC(CN2CCN(C(C)CCC(C)OCCN3CCN(CC4CCN(C(C)C)CC4)CC3)CC2)CC1. The first-order valence-electron chi connectivity index (χ1n) is 19.0. The molecule has 0 aromatic carbocycles. The van der Waals surface area contributed by atoms with Crippen molar-refractivity contribution in [2.75, 3.05) is 131 Å². The lowest BCUT2D eigenvalue weighted by Gasteiger charge is -2.41. The number of likely N-dealkylation sites (tertiary alicyclic amines) is 2. The molecule has 4 aliphatic rings. The van der Waals surface area contributed by atoms with E-state index in [1.54, 1.807) is 0 Å². The average Bonchev–Trinajstić information content (AvgIpc) is 3.04. The first-order valence-corrected chi connectivity index (χ1v) is 19.0. The van der Waals surface area contributed by atoms with E-state index >= 15 is 0 Å². The maximum Gasteiger partial charge on any atom is 0.0597 e. The van der Waals surface area contributed by atoms with Crippen LogP contribution in [0, 0.1) is 11.8 Å². The van der Waals surface area contributed by atoms with Crippen LogP contribution in [0.4, 0.5) is 0 Å². The molecule has 0 spiro atoms. The van der Waals surface area contributed by atoms with Gasteiger partial charge in [-0.2, -0.15) is 0 Å². The molecule has 4 rings (SSSR count). The Morgan fingerprint density at radius 1 is 0.614 bits per heavy atom. The van der Waals surface area contributed by atoms with Crippen LogP contribution >= 0.6 is 0 Å². The van der Waals surface area contributed by atoms with Crippen LogP contribution in [0.5, 0.6) is 0 Å². The molecule has 0 N–H and O–H groups in total. The summed E-state index contributed by atoms with van der Waals surface area (Å²) in [5, 5.41) is 0. The summed E-state index contributed by atoms with van der Waals surface area (Å²) in [6.45, 7) is 35.0. The number of hydrogen-bond acceptors (Lipinski definition) is 8. The lowest BCUT2D eigenvalue weighted by molar-refractivity contribution is 0.0217. The molecule has 4 heterocycles. The minimum Gasteiger partial charge on any atom is -0.377 e. The maximum atomic E-state index is 6.31. The molecule has 8 nitrogen and oxygen atoms in total. The lowest BCUT2D eigenvalue weighted by Crippen LogP contribution is -2.51. The van der Waals surface area contributed by atoms with Gasteiger partial charge in [0, 0.05) is 97.2 Å². The highest BCUT2D eigenvalue weighted by Gasteiger charge is 2.27. The number of hydrogen-bond donors (Lipinski definition) is 0. The van der Waals surface area contributed by atoms with Crippen LogP contribution in [0.3, 0.4) is 0 Å². The minimum absolute atomic E-state index is 0.366. The molecule has 0 amide bonds. The van der Waals surface area contributed by atoms with Crippen LogP contribution in [0.2, 0.25) is 0 Å². The summed E-state index contributed by atoms with van der Waals surface area (Å²) in [5.74, 6) is 1.81. The van der Waals surface area contributed by atoms with Crippen LogP contribution < -0.4 is 0 Å². The van der Waals surface area contributed by atoms with Crippen LogP contribution in [0.1, 0.15) is 73.1 Å². The molecule has 258 valence electrons. The predicted molar refractivity (Wildman–Crippen MR) is 187 cm³/mol. The molecule has 0 saturated carbocycles.